The van der Waals surface area contributed by atoms with Crippen molar-refractivity contribution in [2.45, 2.75) is 59.2 Å². The van der Waals surface area contributed by atoms with Crippen LogP contribution in [0.2, 0.25) is 0 Å². The van der Waals surface area contributed by atoms with Crippen molar-refractivity contribution in [3.8, 4) is 0 Å². The number of methoxy groups -OCH3 is 1. The summed E-state index contributed by atoms with van der Waals surface area (Å²) in [7, 11) is 1.58. The summed E-state index contributed by atoms with van der Waals surface area (Å²) in [6.07, 6.45) is 4.14. The first-order valence-corrected chi connectivity index (χ1v) is 12.5. The maximum absolute atomic E-state index is 13.6. The van der Waals surface area contributed by atoms with Gasteiger partial charge in [0.2, 0.25) is 11.0 Å². The molecule has 1 aliphatic rings. The number of ether oxygens (including phenoxy) is 1. The number of carbonyl (C=O) groups is 1. The number of amides is 1. The maximum Gasteiger partial charge on any atom is 0.263 e. The van der Waals surface area contributed by atoms with Crippen molar-refractivity contribution in [1.29, 1.82) is 0 Å². The van der Waals surface area contributed by atoms with Crippen molar-refractivity contribution in [3.63, 3.8) is 0 Å². The Morgan fingerprint density at radius 3 is 2.72 bits per heavy atom. The van der Waals surface area contributed by atoms with Crippen LogP contribution in [0.3, 0.4) is 0 Å². The van der Waals surface area contributed by atoms with E-state index in [1.165, 1.54) is 20.8 Å². The quantitative estimate of drug-likeness (QED) is 0.507. The van der Waals surface area contributed by atoms with Crippen molar-refractivity contribution in [1.82, 2.24) is 24.6 Å². The van der Waals surface area contributed by atoms with Gasteiger partial charge in [-0.2, -0.15) is 0 Å². The van der Waals surface area contributed by atoms with E-state index in [1.807, 2.05) is 0 Å². The lowest BCUT2D eigenvalue weighted by Crippen LogP contribution is -2.34. The predicted molar refractivity (Wildman–Crippen MR) is 126 cm³/mol. The molecule has 3 aromatic heterocycles. The van der Waals surface area contributed by atoms with E-state index in [0.717, 1.165) is 49.2 Å². The minimum atomic E-state index is -0.321. The monoisotopic (exact) mass is 476 g/mol. The van der Waals surface area contributed by atoms with Gasteiger partial charge in [-0.1, -0.05) is 25.2 Å². The Kier molecular flexibility index (Phi) is 7.29. The molecule has 1 N–H and O–H groups in total. The summed E-state index contributed by atoms with van der Waals surface area (Å²) in [4.78, 5) is 35.6. The fourth-order valence-corrected chi connectivity index (χ4v) is 6.00. The fourth-order valence-electron chi connectivity index (χ4n) is 4.00. The topological polar surface area (TPSA) is 102 Å². The van der Waals surface area contributed by atoms with Crippen molar-refractivity contribution >= 4 is 43.9 Å². The summed E-state index contributed by atoms with van der Waals surface area (Å²) in [5.74, 6) is 0.301. The van der Waals surface area contributed by atoms with Gasteiger partial charge in [-0.05, 0) is 44.3 Å². The number of nitrogens with one attached hydrogen (secondary N) is 1. The normalized spacial score (nSPS) is 13.6. The number of aryl methyl sites for hydroxylation is 2. The number of carbonyl (C=O) groups excluding carboxylic acids is 1. The van der Waals surface area contributed by atoms with Crippen LogP contribution in [0, 0.1) is 0 Å². The maximum atomic E-state index is 13.6. The largest absolute Gasteiger partial charge is 0.377 e. The summed E-state index contributed by atoms with van der Waals surface area (Å²) in [6, 6.07) is 0. The van der Waals surface area contributed by atoms with Gasteiger partial charge in [-0.3, -0.25) is 24.4 Å². The lowest BCUT2D eigenvalue weighted by atomic mass is 9.97. The Hall–Kier alpha value is -2.21. The van der Waals surface area contributed by atoms with Crippen LogP contribution in [0.1, 0.15) is 48.0 Å². The smallest absolute Gasteiger partial charge is 0.263 e. The molecule has 4 rings (SSSR count). The highest BCUT2D eigenvalue weighted by atomic mass is 32.1. The number of fused-ring (bicyclic) bond motifs is 3. The second-order valence-electron chi connectivity index (χ2n) is 7.75. The third kappa shape index (κ3) is 4.75. The first kappa shape index (κ1) is 23.0. The van der Waals surface area contributed by atoms with Gasteiger partial charge < -0.3 is 4.74 Å². The van der Waals surface area contributed by atoms with Crippen molar-refractivity contribution in [2.24, 2.45) is 0 Å². The van der Waals surface area contributed by atoms with Crippen molar-refractivity contribution in [2.75, 3.05) is 25.5 Å². The molecule has 0 radical (unpaired) electrons. The zero-order valence-corrected chi connectivity index (χ0v) is 20.3. The van der Waals surface area contributed by atoms with Gasteiger partial charge in [0.15, 0.2) is 0 Å². The zero-order chi connectivity index (χ0) is 22.7. The molecule has 172 valence electrons. The van der Waals surface area contributed by atoms with E-state index in [4.69, 9.17) is 9.72 Å². The minimum absolute atomic E-state index is 0.109. The SMILES string of the molecule is CCN(CC)Cc1nc2sc3c(c2c(=O)n1CC(=O)Nc1nnc(COC)s1)CCCC3. The highest BCUT2D eigenvalue weighted by Gasteiger charge is 2.23. The summed E-state index contributed by atoms with van der Waals surface area (Å²) in [5, 5.41) is 12.5. The van der Waals surface area contributed by atoms with E-state index >= 15 is 0 Å². The molecule has 3 heterocycles. The zero-order valence-electron chi connectivity index (χ0n) is 18.6. The Morgan fingerprint density at radius 1 is 1.19 bits per heavy atom. The van der Waals surface area contributed by atoms with Gasteiger partial charge in [0.25, 0.3) is 5.56 Å². The van der Waals surface area contributed by atoms with E-state index in [9.17, 15) is 9.59 Å². The van der Waals surface area contributed by atoms with Crippen LogP contribution in [-0.4, -0.2) is 50.8 Å². The minimum Gasteiger partial charge on any atom is -0.377 e. The van der Waals surface area contributed by atoms with Gasteiger partial charge in [-0.25, -0.2) is 4.98 Å². The number of nitrogens with zero attached hydrogens (tertiary/aromatic N) is 5. The highest BCUT2D eigenvalue weighted by Crippen LogP contribution is 2.33. The molecule has 0 aromatic carbocycles. The molecule has 0 saturated carbocycles. The van der Waals surface area contributed by atoms with Crippen LogP contribution in [0.4, 0.5) is 5.13 Å². The Labute approximate surface area is 194 Å². The summed E-state index contributed by atoms with van der Waals surface area (Å²) in [6.45, 7) is 6.58. The molecule has 0 bridgehead atoms. The van der Waals surface area contributed by atoms with E-state index < -0.39 is 0 Å². The first-order chi connectivity index (χ1) is 15.5. The Bertz CT molecular complexity index is 1160. The van der Waals surface area contributed by atoms with Gasteiger partial charge in [0, 0.05) is 12.0 Å². The van der Waals surface area contributed by atoms with Crippen LogP contribution in [-0.2, 0) is 42.1 Å². The van der Waals surface area contributed by atoms with Gasteiger partial charge in [-0.15, -0.1) is 21.5 Å². The third-order valence-electron chi connectivity index (χ3n) is 5.70. The molecule has 0 spiro atoms. The molecule has 1 aliphatic carbocycles. The van der Waals surface area contributed by atoms with E-state index in [1.54, 1.807) is 18.4 Å². The van der Waals surface area contributed by atoms with Crippen LogP contribution >= 0.6 is 22.7 Å². The van der Waals surface area contributed by atoms with E-state index in [0.29, 0.717) is 34.5 Å². The molecular weight excluding hydrogens is 448 g/mol. The lowest BCUT2D eigenvalue weighted by Gasteiger charge is -2.20. The molecule has 9 nitrogen and oxygen atoms in total. The molecular formula is C21H28N6O3S2. The molecule has 0 atom stereocenters. The molecule has 0 aliphatic heterocycles. The Morgan fingerprint density at radius 2 is 1.97 bits per heavy atom. The third-order valence-corrected chi connectivity index (χ3v) is 7.69. The average molecular weight is 477 g/mol. The van der Waals surface area contributed by atoms with Gasteiger partial charge in [0.1, 0.15) is 28.8 Å². The van der Waals surface area contributed by atoms with Crippen molar-refractivity contribution < 1.29 is 9.53 Å². The molecule has 3 aromatic rings. The van der Waals surface area contributed by atoms with Crippen LogP contribution in [0.5, 0.6) is 0 Å². The number of aromatic nitrogens is 4. The second-order valence-corrected chi connectivity index (χ2v) is 9.90. The molecule has 0 saturated heterocycles. The van der Waals surface area contributed by atoms with Gasteiger partial charge >= 0.3 is 0 Å². The van der Waals surface area contributed by atoms with Crippen LogP contribution in [0.25, 0.3) is 10.2 Å². The summed E-state index contributed by atoms with van der Waals surface area (Å²) < 4.78 is 6.58. The number of thiophene rings is 1. The van der Waals surface area contributed by atoms with Gasteiger partial charge in [0.05, 0.1) is 11.9 Å². The van der Waals surface area contributed by atoms with E-state index in [-0.39, 0.29) is 18.0 Å². The fraction of sp³-hybridized carbons (Fsp3) is 0.571. The average Bonchev–Trinajstić information content (AvgIpc) is 3.38. The van der Waals surface area contributed by atoms with Crippen LogP contribution < -0.4 is 10.9 Å². The molecule has 11 heteroatoms. The highest BCUT2D eigenvalue weighted by molar-refractivity contribution is 7.18. The predicted octanol–water partition coefficient (Wildman–Crippen LogP) is 2.82. The number of hydrogen-bond donors (Lipinski definition) is 1. The lowest BCUT2D eigenvalue weighted by molar-refractivity contribution is -0.116. The molecule has 32 heavy (non-hydrogen) atoms. The van der Waals surface area contributed by atoms with Crippen LogP contribution in [0.15, 0.2) is 4.79 Å². The van der Waals surface area contributed by atoms with E-state index in [2.05, 4.69) is 34.3 Å². The number of anilines is 1. The second kappa shape index (κ2) is 10.2. The number of rotatable bonds is 9. The Balaban J connectivity index is 1.68. The summed E-state index contributed by atoms with van der Waals surface area (Å²) >= 11 is 2.89. The molecule has 1 amide bonds. The molecule has 0 fully saturated rings. The summed E-state index contributed by atoms with van der Waals surface area (Å²) in [5.41, 5.74) is 1.01. The standard InChI is InChI=1S/C21H28N6O3S2/c1-4-26(5-2)10-15-22-19-18(13-8-6-7-9-14(13)31-19)20(29)27(15)11-16(28)23-21-25-24-17(32-21)12-30-3/h4-12H2,1-3H3,(H,23,25,28). The molecule has 0 unspecified atom stereocenters. The van der Waals surface area contributed by atoms with Crippen molar-refractivity contribution in [3.05, 3.63) is 31.6 Å². The first-order valence-electron chi connectivity index (χ1n) is 10.9. The number of hydrogen-bond acceptors (Lipinski definition) is 9.